The van der Waals surface area contributed by atoms with E-state index >= 15 is 0 Å². The molecule has 0 aliphatic carbocycles. The fourth-order valence-corrected chi connectivity index (χ4v) is 2.18. The summed E-state index contributed by atoms with van der Waals surface area (Å²) >= 11 is 0. The first-order valence-corrected chi connectivity index (χ1v) is 8.19. The molecule has 0 aliphatic rings. The number of H-pyrrole nitrogens is 1. The molecule has 2 aromatic heterocycles. The van der Waals surface area contributed by atoms with Crippen LogP contribution in [-0.4, -0.2) is 38.7 Å². The number of rotatable bonds is 9. The van der Waals surface area contributed by atoms with Gasteiger partial charge in [0.2, 0.25) is 0 Å². The Kier molecular flexibility index (Phi) is 5.97. The summed E-state index contributed by atoms with van der Waals surface area (Å²) < 4.78 is 7.08. The van der Waals surface area contributed by atoms with E-state index in [1.807, 2.05) is 0 Å². The third kappa shape index (κ3) is 4.22. The van der Waals surface area contributed by atoms with Crippen LogP contribution >= 0.6 is 0 Å². The molecule has 2 rings (SSSR count). The van der Waals surface area contributed by atoms with Gasteiger partial charge in [0.05, 0.1) is 6.61 Å². The zero-order valence-electron chi connectivity index (χ0n) is 14.1. The molecule has 0 bridgehead atoms. The van der Waals surface area contributed by atoms with Crippen LogP contribution in [0.1, 0.15) is 40.0 Å². The number of anilines is 1. The molecule has 0 aliphatic heterocycles. The normalized spacial score (nSPS) is 12.7. The Morgan fingerprint density at radius 2 is 2.17 bits per heavy atom. The van der Waals surface area contributed by atoms with Crippen LogP contribution in [0.15, 0.2) is 4.79 Å². The summed E-state index contributed by atoms with van der Waals surface area (Å²) in [6.45, 7) is 8.02. The van der Waals surface area contributed by atoms with Crippen molar-refractivity contribution < 1.29 is 4.74 Å². The van der Waals surface area contributed by atoms with Crippen LogP contribution in [0.5, 0.6) is 6.01 Å². The standard InChI is InChI=1S/C15H26N6O2/c1-4-6-9-23-14-19-12(16)11-13(20-14)21(15(22)18-11)8-7-17-10(3)5-2/h10,17H,4-9H2,1-3H3,(H,18,22)(H2,16,19,20)/t10-/m0/s1. The highest BCUT2D eigenvalue weighted by Crippen LogP contribution is 2.17. The zero-order chi connectivity index (χ0) is 16.8. The number of imidazole rings is 1. The maximum absolute atomic E-state index is 12.1. The molecule has 0 unspecified atom stereocenters. The summed E-state index contributed by atoms with van der Waals surface area (Å²) in [5.41, 5.74) is 6.62. The summed E-state index contributed by atoms with van der Waals surface area (Å²) in [6.07, 6.45) is 2.97. The van der Waals surface area contributed by atoms with Crippen LogP contribution in [0.2, 0.25) is 0 Å². The minimum Gasteiger partial charge on any atom is -0.463 e. The quantitative estimate of drug-likeness (QED) is 0.600. The highest BCUT2D eigenvalue weighted by molar-refractivity contribution is 5.81. The van der Waals surface area contributed by atoms with E-state index in [0.29, 0.717) is 36.9 Å². The number of aromatic amines is 1. The highest BCUT2D eigenvalue weighted by Gasteiger charge is 2.14. The average Bonchev–Trinajstić information content (AvgIpc) is 2.84. The Bertz CT molecular complexity index is 693. The van der Waals surface area contributed by atoms with Gasteiger partial charge in [0.25, 0.3) is 0 Å². The second kappa shape index (κ2) is 7.96. The largest absolute Gasteiger partial charge is 0.463 e. The smallest absolute Gasteiger partial charge is 0.327 e. The SMILES string of the molecule is CCCCOc1nc(N)c2[nH]c(=O)n(CCN[C@@H](C)CC)c2n1. The van der Waals surface area contributed by atoms with Gasteiger partial charge in [0.1, 0.15) is 5.52 Å². The molecule has 1 atom stereocenters. The van der Waals surface area contributed by atoms with Crippen molar-refractivity contribution in [2.45, 2.75) is 52.6 Å². The molecule has 2 aromatic rings. The molecule has 128 valence electrons. The summed E-state index contributed by atoms with van der Waals surface area (Å²) in [4.78, 5) is 23.3. The molecule has 0 spiro atoms. The van der Waals surface area contributed by atoms with Gasteiger partial charge in [-0.15, -0.1) is 0 Å². The maximum Gasteiger partial charge on any atom is 0.327 e. The second-order valence-corrected chi connectivity index (χ2v) is 5.64. The first-order valence-electron chi connectivity index (χ1n) is 8.19. The lowest BCUT2D eigenvalue weighted by Gasteiger charge is -2.11. The minimum atomic E-state index is -0.238. The van der Waals surface area contributed by atoms with Crippen molar-refractivity contribution in [2.24, 2.45) is 0 Å². The number of aromatic nitrogens is 4. The molecule has 2 heterocycles. The fourth-order valence-electron chi connectivity index (χ4n) is 2.18. The second-order valence-electron chi connectivity index (χ2n) is 5.64. The predicted octanol–water partition coefficient (Wildman–Crippen LogP) is 1.27. The maximum atomic E-state index is 12.1. The topological polar surface area (TPSA) is 111 Å². The van der Waals surface area contributed by atoms with Crippen molar-refractivity contribution >= 4 is 17.0 Å². The van der Waals surface area contributed by atoms with E-state index in [9.17, 15) is 4.79 Å². The summed E-state index contributed by atoms with van der Waals surface area (Å²) in [5.74, 6) is 0.229. The lowest BCUT2D eigenvalue weighted by atomic mass is 10.2. The first kappa shape index (κ1) is 17.3. The van der Waals surface area contributed by atoms with Gasteiger partial charge in [-0.2, -0.15) is 9.97 Å². The summed E-state index contributed by atoms with van der Waals surface area (Å²) in [5, 5.41) is 3.35. The molecule has 4 N–H and O–H groups in total. The molecule has 0 amide bonds. The lowest BCUT2D eigenvalue weighted by Crippen LogP contribution is -2.31. The van der Waals surface area contributed by atoms with Gasteiger partial charge in [-0.1, -0.05) is 20.3 Å². The van der Waals surface area contributed by atoms with Gasteiger partial charge in [0, 0.05) is 19.1 Å². The Labute approximate surface area is 135 Å². The Morgan fingerprint density at radius 1 is 1.39 bits per heavy atom. The number of hydrogen-bond donors (Lipinski definition) is 3. The van der Waals surface area contributed by atoms with Crippen molar-refractivity contribution in [3.63, 3.8) is 0 Å². The molecule has 0 fully saturated rings. The van der Waals surface area contributed by atoms with Gasteiger partial charge >= 0.3 is 11.7 Å². The van der Waals surface area contributed by atoms with E-state index < -0.39 is 0 Å². The van der Waals surface area contributed by atoms with Crippen LogP contribution < -0.4 is 21.5 Å². The van der Waals surface area contributed by atoms with Gasteiger partial charge < -0.3 is 20.8 Å². The van der Waals surface area contributed by atoms with Gasteiger partial charge in [-0.05, 0) is 19.8 Å². The lowest BCUT2D eigenvalue weighted by molar-refractivity contribution is 0.286. The zero-order valence-corrected chi connectivity index (χ0v) is 14.1. The molecular formula is C15H26N6O2. The first-order chi connectivity index (χ1) is 11.1. The molecule has 0 saturated heterocycles. The number of nitrogen functional groups attached to an aromatic ring is 1. The average molecular weight is 322 g/mol. The Hall–Kier alpha value is -2.09. The number of unbranched alkanes of at least 4 members (excludes halogenated alkanes) is 1. The molecular weight excluding hydrogens is 296 g/mol. The van der Waals surface area contributed by atoms with Crippen LogP contribution in [-0.2, 0) is 6.54 Å². The van der Waals surface area contributed by atoms with Gasteiger partial charge in [0.15, 0.2) is 11.5 Å². The Balaban J connectivity index is 2.22. The van der Waals surface area contributed by atoms with Crippen molar-refractivity contribution in [3.05, 3.63) is 10.5 Å². The van der Waals surface area contributed by atoms with E-state index in [1.54, 1.807) is 4.57 Å². The number of nitrogens with one attached hydrogen (secondary N) is 2. The van der Waals surface area contributed by atoms with Crippen LogP contribution in [0.25, 0.3) is 11.2 Å². The molecule has 8 nitrogen and oxygen atoms in total. The number of fused-ring (bicyclic) bond motifs is 1. The predicted molar refractivity (Wildman–Crippen MR) is 90.7 cm³/mol. The minimum absolute atomic E-state index is 0.214. The van der Waals surface area contributed by atoms with E-state index in [-0.39, 0.29) is 17.5 Å². The van der Waals surface area contributed by atoms with Crippen molar-refractivity contribution in [1.82, 2.24) is 24.8 Å². The molecule has 0 aromatic carbocycles. The molecule has 23 heavy (non-hydrogen) atoms. The third-order valence-corrected chi connectivity index (χ3v) is 3.80. The number of hydrogen-bond acceptors (Lipinski definition) is 6. The van der Waals surface area contributed by atoms with Crippen LogP contribution in [0.3, 0.4) is 0 Å². The number of nitrogens with two attached hydrogens (primary N) is 1. The summed E-state index contributed by atoms with van der Waals surface area (Å²) in [6, 6.07) is 0.620. The molecule has 8 heteroatoms. The third-order valence-electron chi connectivity index (χ3n) is 3.80. The van der Waals surface area contributed by atoms with E-state index in [1.165, 1.54) is 0 Å². The van der Waals surface area contributed by atoms with E-state index in [2.05, 4.69) is 41.0 Å². The molecule has 0 radical (unpaired) electrons. The van der Waals surface area contributed by atoms with Gasteiger partial charge in [-0.3, -0.25) is 4.57 Å². The number of ether oxygens (including phenoxy) is 1. The van der Waals surface area contributed by atoms with Gasteiger partial charge in [-0.25, -0.2) is 4.79 Å². The van der Waals surface area contributed by atoms with Crippen LogP contribution in [0, 0.1) is 0 Å². The monoisotopic (exact) mass is 322 g/mol. The number of nitrogens with zero attached hydrogens (tertiary/aromatic N) is 3. The van der Waals surface area contributed by atoms with Crippen molar-refractivity contribution in [1.29, 1.82) is 0 Å². The summed E-state index contributed by atoms with van der Waals surface area (Å²) in [7, 11) is 0. The van der Waals surface area contributed by atoms with Crippen molar-refractivity contribution in [3.8, 4) is 6.01 Å². The fraction of sp³-hybridized carbons (Fsp3) is 0.667. The van der Waals surface area contributed by atoms with Crippen molar-refractivity contribution in [2.75, 3.05) is 18.9 Å². The van der Waals surface area contributed by atoms with E-state index in [0.717, 1.165) is 19.3 Å². The molecule has 0 saturated carbocycles. The Morgan fingerprint density at radius 3 is 2.87 bits per heavy atom. The van der Waals surface area contributed by atoms with Crippen LogP contribution in [0.4, 0.5) is 5.82 Å². The van der Waals surface area contributed by atoms with E-state index in [4.69, 9.17) is 10.5 Å². The highest BCUT2D eigenvalue weighted by atomic mass is 16.5.